The second-order valence-corrected chi connectivity index (χ2v) is 7.38. The fraction of sp³-hybridized carbons (Fsp3) is 0.381. The second-order valence-electron chi connectivity index (χ2n) is 7.38. The van der Waals surface area contributed by atoms with Gasteiger partial charge in [0.05, 0.1) is 7.11 Å². The number of hydrogen-bond acceptors (Lipinski definition) is 4. The van der Waals surface area contributed by atoms with E-state index in [0.717, 1.165) is 47.7 Å². The van der Waals surface area contributed by atoms with Gasteiger partial charge < -0.3 is 14.5 Å². The quantitative estimate of drug-likeness (QED) is 0.701. The first kappa shape index (κ1) is 18.3. The van der Waals surface area contributed by atoms with Crippen molar-refractivity contribution in [1.82, 2.24) is 24.4 Å². The number of urea groups is 1. The van der Waals surface area contributed by atoms with Crippen molar-refractivity contribution in [2.45, 2.75) is 18.8 Å². The fourth-order valence-electron chi connectivity index (χ4n) is 3.69. The van der Waals surface area contributed by atoms with Crippen molar-refractivity contribution in [2.75, 3.05) is 34.3 Å². The number of benzene rings is 1. The summed E-state index contributed by atoms with van der Waals surface area (Å²) in [6.07, 6.45) is 3.96. The summed E-state index contributed by atoms with van der Waals surface area (Å²) in [4.78, 5) is 20.5. The van der Waals surface area contributed by atoms with Crippen molar-refractivity contribution in [2.24, 2.45) is 0 Å². The number of methoxy groups -OCH3 is 1. The van der Waals surface area contributed by atoms with Crippen molar-refractivity contribution in [3.05, 3.63) is 48.4 Å². The Labute approximate surface area is 164 Å². The van der Waals surface area contributed by atoms with Gasteiger partial charge in [0.25, 0.3) is 0 Å². The van der Waals surface area contributed by atoms with Crippen molar-refractivity contribution >= 4 is 11.7 Å². The van der Waals surface area contributed by atoms with E-state index in [9.17, 15) is 4.79 Å². The molecule has 4 rings (SSSR count). The Bertz CT molecular complexity index is 997. The lowest BCUT2D eigenvalue weighted by molar-refractivity contribution is 0.153. The van der Waals surface area contributed by atoms with E-state index in [1.54, 1.807) is 26.1 Å². The number of carbonyl (C=O) groups excluding carboxylic acids is 1. The van der Waals surface area contributed by atoms with Crippen LogP contribution in [-0.2, 0) is 0 Å². The summed E-state index contributed by atoms with van der Waals surface area (Å²) in [5.74, 6) is 1.79. The second kappa shape index (κ2) is 7.50. The van der Waals surface area contributed by atoms with Crippen molar-refractivity contribution < 1.29 is 9.53 Å². The van der Waals surface area contributed by atoms with Gasteiger partial charge in [0.1, 0.15) is 5.75 Å². The summed E-state index contributed by atoms with van der Waals surface area (Å²) in [5.41, 5.74) is 2.94. The van der Waals surface area contributed by atoms with Crippen LogP contribution in [0.15, 0.2) is 42.6 Å². The minimum absolute atomic E-state index is 0.0498. The fourth-order valence-corrected chi connectivity index (χ4v) is 3.69. The number of rotatable bonds is 3. The molecule has 1 atom stereocenters. The number of pyridine rings is 1. The van der Waals surface area contributed by atoms with E-state index in [0.29, 0.717) is 6.54 Å². The molecule has 0 spiro atoms. The molecule has 1 saturated heterocycles. The largest absolute Gasteiger partial charge is 0.497 e. The molecule has 1 aromatic carbocycles. The van der Waals surface area contributed by atoms with Gasteiger partial charge in [-0.2, -0.15) is 5.10 Å². The van der Waals surface area contributed by atoms with Crippen LogP contribution in [-0.4, -0.2) is 64.7 Å². The van der Waals surface area contributed by atoms with Crippen LogP contribution in [0.3, 0.4) is 0 Å². The molecule has 1 aliphatic rings. The van der Waals surface area contributed by atoms with E-state index in [2.05, 4.69) is 0 Å². The molecular weight excluding hydrogens is 354 g/mol. The average molecular weight is 379 g/mol. The lowest BCUT2D eigenvalue weighted by atomic mass is 9.98. The number of amides is 2. The van der Waals surface area contributed by atoms with Gasteiger partial charge in [-0.05, 0) is 42.7 Å². The normalized spacial score (nSPS) is 17.0. The highest BCUT2D eigenvalue weighted by atomic mass is 16.5. The highest BCUT2D eigenvalue weighted by molar-refractivity contribution is 5.74. The molecule has 3 aromatic rings. The lowest BCUT2D eigenvalue weighted by Crippen LogP contribution is -2.44. The molecule has 2 amide bonds. The van der Waals surface area contributed by atoms with Crippen LogP contribution in [0.25, 0.3) is 16.8 Å². The third-order valence-electron chi connectivity index (χ3n) is 5.19. The standard InChI is InChI=1S/C21H25N5O2/c1-24(2)21(27)25-11-5-7-17(13-25)20-22-19-10-9-16(14-26(19)23-20)15-6-4-8-18(12-15)28-3/h4,6,8-10,12,14,17H,5,7,11,13H2,1-3H3/t17-/m0/s1. The van der Waals surface area contributed by atoms with E-state index in [-0.39, 0.29) is 11.9 Å². The number of likely N-dealkylation sites (tertiary alicyclic amines) is 1. The number of ether oxygens (including phenoxy) is 1. The summed E-state index contributed by atoms with van der Waals surface area (Å²) >= 11 is 0. The summed E-state index contributed by atoms with van der Waals surface area (Å²) in [6, 6.07) is 12.0. The van der Waals surface area contributed by atoms with Crippen molar-refractivity contribution in [3.8, 4) is 16.9 Å². The molecule has 7 heteroatoms. The molecule has 0 N–H and O–H groups in total. The van der Waals surface area contributed by atoms with Crippen molar-refractivity contribution in [1.29, 1.82) is 0 Å². The van der Waals surface area contributed by atoms with Crippen LogP contribution >= 0.6 is 0 Å². The number of aromatic nitrogens is 3. The van der Waals surface area contributed by atoms with Gasteiger partial charge in [0.2, 0.25) is 0 Å². The van der Waals surface area contributed by atoms with E-state index < -0.39 is 0 Å². The summed E-state index contributed by atoms with van der Waals surface area (Å²) in [5, 5.41) is 4.73. The highest BCUT2D eigenvalue weighted by Gasteiger charge is 2.28. The monoisotopic (exact) mass is 379 g/mol. The molecule has 0 bridgehead atoms. The first-order valence-corrected chi connectivity index (χ1v) is 9.52. The maximum absolute atomic E-state index is 12.3. The van der Waals surface area contributed by atoms with E-state index in [4.69, 9.17) is 14.8 Å². The third-order valence-corrected chi connectivity index (χ3v) is 5.19. The average Bonchev–Trinajstić information content (AvgIpc) is 3.16. The molecule has 3 heterocycles. The number of nitrogens with zero attached hydrogens (tertiary/aromatic N) is 5. The van der Waals surface area contributed by atoms with Gasteiger partial charge in [-0.15, -0.1) is 0 Å². The lowest BCUT2D eigenvalue weighted by Gasteiger charge is -2.33. The number of fused-ring (bicyclic) bond motifs is 1. The zero-order chi connectivity index (χ0) is 19.7. The van der Waals surface area contributed by atoms with E-state index >= 15 is 0 Å². The first-order chi connectivity index (χ1) is 13.5. The molecule has 0 aliphatic carbocycles. The third kappa shape index (κ3) is 3.52. The SMILES string of the molecule is COc1cccc(-c2ccc3nc([C@H]4CCCN(C(=O)N(C)C)C4)nn3c2)c1. The molecule has 0 saturated carbocycles. The maximum atomic E-state index is 12.3. The summed E-state index contributed by atoms with van der Waals surface area (Å²) < 4.78 is 7.15. The minimum Gasteiger partial charge on any atom is -0.497 e. The van der Waals surface area contributed by atoms with Crippen LogP contribution in [0.5, 0.6) is 5.75 Å². The maximum Gasteiger partial charge on any atom is 0.319 e. The molecule has 146 valence electrons. The molecule has 0 radical (unpaired) electrons. The Morgan fingerprint density at radius 2 is 2.07 bits per heavy atom. The Hall–Kier alpha value is -3.09. The molecule has 7 nitrogen and oxygen atoms in total. The molecule has 1 aliphatic heterocycles. The van der Waals surface area contributed by atoms with Gasteiger partial charge in [0, 0.05) is 44.9 Å². The Kier molecular flexibility index (Phi) is 4.90. The minimum atomic E-state index is 0.0498. The molecule has 1 fully saturated rings. The molecule has 0 unspecified atom stereocenters. The van der Waals surface area contributed by atoms with Crippen LogP contribution in [0.1, 0.15) is 24.6 Å². The molecule has 2 aromatic heterocycles. The predicted molar refractivity (Wildman–Crippen MR) is 108 cm³/mol. The highest BCUT2D eigenvalue weighted by Crippen LogP contribution is 2.27. The number of carbonyl (C=O) groups is 1. The Balaban J connectivity index is 1.60. The van der Waals surface area contributed by atoms with Gasteiger partial charge in [0.15, 0.2) is 11.5 Å². The van der Waals surface area contributed by atoms with E-state index in [1.165, 1.54) is 0 Å². The van der Waals surface area contributed by atoms with Gasteiger partial charge in [-0.1, -0.05) is 12.1 Å². The topological polar surface area (TPSA) is 63.0 Å². The van der Waals surface area contributed by atoms with Crippen LogP contribution < -0.4 is 4.74 Å². The molecule has 28 heavy (non-hydrogen) atoms. The van der Waals surface area contributed by atoms with Crippen LogP contribution in [0.2, 0.25) is 0 Å². The number of piperidine rings is 1. The predicted octanol–water partition coefficient (Wildman–Crippen LogP) is 3.27. The summed E-state index contributed by atoms with van der Waals surface area (Å²) in [6.45, 7) is 1.46. The van der Waals surface area contributed by atoms with E-state index in [1.807, 2.05) is 52.0 Å². The Morgan fingerprint density at radius 3 is 2.86 bits per heavy atom. The van der Waals surface area contributed by atoms with Crippen LogP contribution in [0.4, 0.5) is 4.79 Å². The zero-order valence-corrected chi connectivity index (χ0v) is 16.5. The van der Waals surface area contributed by atoms with Crippen LogP contribution in [0, 0.1) is 0 Å². The van der Waals surface area contributed by atoms with Gasteiger partial charge in [-0.3, -0.25) is 0 Å². The smallest absolute Gasteiger partial charge is 0.319 e. The Morgan fingerprint density at radius 1 is 1.21 bits per heavy atom. The van der Waals surface area contributed by atoms with Gasteiger partial charge in [-0.25, -0.2) is 14.3 Å². The zero-order valence-electron chi connectivity index (χ0n) is 16.5. The molecular formula is C21H25N5O2. The summed E-state index contributed by atoms with van der Waals surface area (Å²) in [7, 11) is 5.24. The van der Waals surface area contributed by atoms with Crippen molar-refractivity contribution in [3.63, 3.8) is 0 Å². The van der Waals surface area contributed by atoms with Gasteiger partial charge >= 0.3 is 6.03 Å². The first-order valence-electron chi connectivity index (χ1n) is 9.52. The number of hydrogen-bond donors (Lipinski definition) is 0.